The van der Waals surface area contributed by atoms with E-state index in [0.717, 1.165) is 59.7 Å². The van der Waals surface area contributed by atoms with Crippen molar-refractivity contribution in [2.45, 2.75) is 25.7 Å². The van der Waals surface area contributed by atoms with Gasteiger partial charge in [-0.15, -0.1) is 10.2 Å². The number of hydrogen-bond donors (Lipinski definition) is 0. The summed E-state index contributed by atoms with van der Waals surface area (Å²) in [5.41, 5.74) is 5.98. The average molecular weight is 406 g/mol. The second kappa shape index (κ2) is 8.55. The van der Waals surface area contributed by atoms with Gasteiger partial charge in [0.2, 0.25) is 5.95 Å². The van der Waals surface area contributed by atoms with Crippen LogP contribution >= 0.6 is 11.3 Å². The molecule has 2 aliphatic rings. The Balaban J connectivity index is 1.19. The third kappa shape index (κ3) is 4.31. The van der Waals surface area contributed by atoms with E-state index in [2.05, 4.69) is 59.7 Å². The molecule has 0 atom stereocenters. The predicted molar refractivity (Wildman–Crippen MR) is 116 cm³/mol. The summed E-state index contributed by atoms with van der Waals surface area (Å²) in [6.45, 7) is 5.54. The van der Waals surface area contributed by atoms with E-state index in [1.165, 1.54) is 43.6 Å². The zero-order valence-electron chi connectivity index (χ0n) is 16.5. The van der Waals surface area contributed by atoms with Crippen LogP contribution in [0.5, 0.6) is 0 Å². The molecule has 1 saturated carbocycles. The van der Waals surface area contributed by atoms with Crippen molar-refractivity contribution in [1.82, 2.24) is 25.1 Å². The lowest BCUT2D eigenvalue weighted by molar-refractivity contribution is 0.219. The van der Waals surface area contributed by atoms with Gasteiger partial charge in [-0.05, 0) is 24.3 Å². The summed E-state index contributed by atoms with van der Waals surface area (Å²) in [6.07, 6.45) is 9.56. The van der Waals surface area contributed by atoms with Crippen molar-refractivity contribution in [2.75, 3.05) is 37.6 Å². The lowest BCUT2D eigenvalue weighted by Gasteiger charge is -2.35. The molecule has 1 aromatic carbocycles. The van der Waals surface area contributed by atoms with Gasteiger partial charge in [0.1, 0.15) is 5.01 Å². The Bertz CT molecular complexity index is 895. The van der Waals surface area contributed by atoms with E-state index < -0.39 is 0 Å². The fraction of sp³-hybridized carbons (Fsp3) is 0.455. The molecule has 6 nitrogen and oxygen atoms in total. The van der Waals surface area contributed by atoms with E-state index in [1.807, 2.05) is 12.4 Å². The van der Waals surface area contributed by atoms with Crippen molar-refractivity contribution in [1.29, 1.82) is 0 Å². The minimum atomic E-state index is 0.843. The Morgan fingerprint density at radius 3 is 2.24 bits per heavy atom. The first-order chi connectivity index (χ1) is 14.3. The summed E-state index contributed by atoms with van der Waals surface area (Å²) in [7, 11) is 0. The van der Waals surface area contributed by atoms with Gasteiger partial charge < -0.3 is 4.90 Å². The third-order valence-electron chi connectivity index (χ3n) is 6.07. The van der Waals surface area contributed by atoms with E-state index in [4.69, 9.17) is 0 Å². The van der Waals surface area contributed by atoms with Gasteiger partial charge in [-0.3, -0.25) is 4.90 Å². The van der Waals surface area contributed by atoms with Crippen LogP contribution in [0.4, 0.5) is 5.95 Å². The Kier molecular flexibility index (Phi) is 5.49. The van der Waals surface area contributed by atoms with Crippen molar-refractivity contribution < 1.29 is 0 Å². The molecule has 0 unspecified atom stereocenters. The van der Waals surface area contributed by atoms with Gasteiger partial charge in [0.05, 0.1) is 0 Å². The van der Waals surface area contributed by atoms with E-state index in [-0.39, 0.29) is 0 Å². The topological polar surface area (TPSA) is 58.0 Å². The molecule has 7 heteroatoms. The summed E-state index contributed by atoms with van der Waals surface area (Å²) in [5, 5.41) is 8.73. The van der Waals surface area contributed by atoms with Gasteiger partial charge in [-0.2, -0.15) is 0 Å². The summed E-state index contributed by atoms with van der Waals surface area (Å²) < 4.78 is 0. The zero-order valence-corrected chi connectivity index (χ0v) is 17.3. The highest BCUT2D eigenvalue weighted by Gasteiger charge is 2.23. The SMILES string of the molecule is [c]1nnc(-c2ccc(-c3cnc(N4CCN(CC5CCCC5)CC4)nc3)cc2)s1. The van der Waals surface area contributed by atoms with Crippen LogP contribution in [0.3, 0.4) is 0 Å². The van der Waals surface area contributed by atoms with Crippen molar-refractivity contribution in [2.24, 2.45) is 5.92 Å². The maximum absolute atomic E-state index is 4.65. The highest BCUT2D eigenvalue weighted by atomic mass is 32.1. The molecule has 1 radical (unpaired) electrons. The number of hydrogen-bond acceptors (Lipinski definition) is 7. The summed E-state index contributed by atoms with van der Waals surface area (Å²) in [6, 6.07) is 8.27. The Morgan fingerprint density at radius 2 is 1.59 bits per heavy atom. The molecule has 0 amide bonds. The average Bonchev–Trinajstić information content (AvgIpc) is 3.49. The zero-order chi connectivity index (χ0) is 19.5. The van der Waals surface area contributed by atoms with Gasteiger partial charge in [0, 0.05) is 56.2 Å². The van der Waals surface area contributed by atoms with Gasteiger partial charge in [0.15, 0.2) is 5.51 Å². The molecule has 1 aliphatic heterocycles. The minimum absolute atomic E-state index is 0.843. The number of aromatic nitrogens is 4. The molecule has 0 bridgehead atoms. The largest absolute Gasteiger partial charge is 0.338 e. The molecule has 29 heavy (non-hydrogen) atoms. The molecule has 149 valence electrons. The fourth-order valence-corrected chi connectivity index (χ4v) is 4.90. The van der Waals surface area contributed by atoms with E-state index in [0.29, 0.717) is 0 Å². The first-order valence-corrected chi connectivity index (χ1v) is 11.3. The monoisotopic (exact) mass is 405 g/mol. The van der Waals surface area contributed by atoms with Crippen LogP contribution in [0.1, 0.15) is 25.7 Å². The molecule has 0 N–H and O–H groups in total. The summed E-state index contributed by atoms with van der Waals surface area (Å²) >= 11 is 1.42. The van der Waals surface area contributed by atoms with Gasteiger partial charge in [0.25, 0.3) is 0 Å². The lowest BCUT2D eigenvalue weighted by Crippen LogP contribution is -2.48. The number of anilines is 1. The molecule has 0 spiro atoms. The molecule has 3 heterocycles. The van der Waals surface area contributed by atoms with Crippen LogP contribution in [0.2, 0.25) is 0 Å². The van der Waals surface area contributed by atoms with E-state index in [9.17, 15) is 0 Å². The van der Waals surface area contributed by atoms with E-state index >= 15 is 0 Å². The van der Waals surface area contributed by atoms with Gasteiger partial charge >= 0.3 is 0 Å². The molecule has 5 rings (SSSR count). The van der Waals surface area contributed by atoms with Crippen molar-refractivity contribution in [3.8, 4) is 21.7 Å². The number of benzene rings is 1. The first-order valence-electron chi connectivity index (χ1n) is 10.4. The quantitative estimate of drug-likeness (QED) is 0.644. The molecule has 3 aromatic rings. The Labute approximate surface area is 175 Å². The molecular formula is C22H25N6S. The Morgan fingerprint density at radius 1 is 0.897 bits per heavy atom. The summed E-state index contributed by atoms with van der Waals surface area (Å²) in [5.74, 6) is 1.77. The third-order valence-corrected chi connectivity index (χ3v) is 6.76. The second-order valence-corrected chi connectivity index (χ2v) is 8.76. The maximum Gasteiger partial charge on any atom is 0.225 e. The van der Waals surface area contributed by atoms with Gasteiger partial charge in [-0.25, -0.2) is 9.97 Å². The normalized spacial score (nSPS) is 18.4. The van der Waals surface area contributed by atoms with Crippen LogP contribution in [0, 0.1) is 11.4 Å². The van der Waals surface area contributed by atoms with Crippen LogP contribution in [-0.4, -0.2) is 57.8 Å². The Hall–Kier alpha value is -2.38. The number of rotatable bonds is 5. The molecule has 2 fully saturated rings. The lowest BCUT2D eigenvalue weighted by atomic mass is 10.1. The fourth-order valence-electron chi connectivity index (χ4n) is 4.39. The van der Waals surface area contributed by atoms with Crippen molar-refractivity contribution in [3.05, 3.63) is 42.2 Å². The minimum Gasteiger partial charge on any atom is -0.338 e. The highest BCUT2D eigenvalue weighted by molar-refractivity contribution is 7.12. The van der Waals surface area contributed by atoms with Crippen molar-refractivity contribution in [3.63, 3.8) is 0 Å². The van der Waals surface area contributed by atoms with E-state index in [1.54, 1.807) is 0 Å². The van der Waals surface area contributed by atoms with Crippen molar-refractivity contribution >= 4 is 17.3 Å². The van der Waals surface area contributed by atoms with Gasteiger partial charge in [-0.1, -0.05) is 48.4 Å². The maximum atomic E-state index is 4.65. The predicted octanol–water partition coefficient (Wildman–Crippen LogP) is 3.77. The second-order valence-electron chi connectivity index (χ2n) is 7.99. The van der Waals surface area contributed by atoms with Crippen LogP contribution < -0.4 is 4.90 Å². The molecule has 2 aromatic heterocycles. The molecule has 1 aliphatic carbocycles. The molecule has 1 saturated heterocycles. The first kappa shape index (κ1) is 18.6. The number of nitrogens with zero attached hydrogens (tertiary/aromatic N) is 6. The van der Waals surface area contributed by atoms with Crippen LogP contribution in [0.25, 0.3) is 21.7 Å². The molecular weight excluding hydrogens is 380 g/mol. The summed E-state index contributed by atoms with van der Waals surface area (Å²) in [4.78, 5) is 14.2. The smallest absolute Gasteiger partial charge is 0.225 e. The standard InChI is InChI=1S/C22H25N6S/c1-2-4-17(3-1)15-27-9-11-28(12-10-27)22-23-13-20(14-24-22)18-5-7-19(8-6-18)21-26-25-16-29-21/h5-8,13-14,17H,1-4,9-12,15H2. The number of piperazine rings is 1. The van der Waals surface area contributed by atoms with Crippen LogP contribution in [-0.2, 0) is 0 Å². The highest BCUT2D eigenvalue weighted by Crippen LogP contribution is 2.27. The van der Waals surface area contributed by atoms with Crippen LogP contribution in [0.15, 0.2) is 36.7 Å².